The fraction of sp³-hybridized carbons (Fsp3) is 0.150. The minimum absolute atomic E-state index is 0.0254. The second-order valence-electron chi connectivity index (χ2n) is 6.85. The minimum Gasteiger partial charge on any atom is -0.453 e. The average Bonchev–Trinajstić information content (AvgIpc) is 3.12. The standard InChI is InChI=1S/C20H17F2N7O3/c1-32-20(31)27-15-13(23)17(30)16(26-18(15)24)14-11-6-10(21)7-25-19(11)29(28-14)8-9-4-2-3-5-12(9)22/h2-7,16H,8,23H2,1H3,(H2,24,26)(H,27,31). The van der Waals surface area contributed by atoms with Crippen LogP contribution in [0, 0.1) is 11.6 Å². The van der Waals surface area contributed by atoms with Gasteiger partial charge in [0.25, 0.3) is 0 Å². The van der Waals surface area contributed by atoms with Gasteiger partial charge in [-0.2, -0.15) is 5.10 Å². The van der Waals surface area contributed by atoms with Crippen molar-refractivity contribution < 1.29 is 23.1 Å². The topological polar surface area (TPSA) is 151 Å². The molecule has 0 aliphatic carbocycles. The molecule has 3 aromatic rings. The Morgan fingerprint density at radius 3 is 2.75 bits per heavy atom. The molecule has 1 aromatic carbocycles. The van der Waals surface area contributed by atoms with Crippen molar-refractivity contribution >= 4 is 28.7 Å². The first-order chi connectivity index (χ1) is 15.3. The second kappa shape index (κ2) is 8.06. The summed E-state index contributed by atoms with van der Waals surface area (Å²) >= 11 is 0. The molecular weight excluding hydrogens is 424 g/mol. The maximum atomic E-state index is 14.2. The predicted octanol–water partition coefficient (Wildman–Crippen LogP) is 1.27. The van der Waals surface area contributed by atoms with Crippen molar-refractivity contribution in [3.05, 3.63) is 70.8 Å². The molecule has 0 saturated carbocycles. The van der Waals surface area contributed by atoms with E-state index in [1.807, 2.05) is 0 Å². The van der Waals surface area contributed by atoms with E-state index in [1.165, 1.54) is 10.7 Å². The van der Waals surface area contributed by atoms with Gasteiger partial charge in [0.2, 0.25) is 5.78 Å². The number of rotatable bonds is 4. The number of fused-ring (bicyclic) bond motifs is 1. The number of hydrogen-bond acceptors (Lipinski definition) is 8. The van der Waals surface area contributed by atoms with Crippen LogP contribution in [0.4, 0.5) is 13.6 Å². The molecule has 1 aliphatic heterocycles. The van der Waals surface area contributed by atoms with E-state index in [0.717, 1.165) is 19.4 Å². The van der Waals surface area contributed by atoms with Gasteiger partial charge in [0.15, 0.2) is 11.7 Å². The summed E-state index contributed by atoms with van der Waals surface area (Å²) < 4.78 is 34.0. The third kappa shape index (κ3) is 3.62. The van der Waals surface area contributed by atoms with Gasteiger partial charge in [-0.05, 0) is 12.1 Å². The molecule has 0 radical (unpaired) electrons. The smallest absolute Gasteiger partial charge is 0.411 e. The molecule has 32 heavy (non-hydrogen) atoms. The number of carbonyl (C=O) groups excluding carboxylic acids is 2. The van der Waals surface area contributed by atoms with Crippen molar-refractivity contribution in [3.8, 4) is 0 Å². The number of nitrogens with one attached hydrogen (secondary N) is 1. The number of pyridine rings is 1. The van der Waals surface area contributed by atoms with Crippen LogP contribution in [0.25, 0.3) is 11.0 Å². The number of aliphatic imine (C=N–C) groups is 1. The first-order valence-corrected chi connectivity index (χ1v) is 9.28. The van der Waals surface area contributed by atoms with E-state index in [0.29, 0.717) is 5.56 Å². The molecule has 5 N–H and O–H groups in total. The molecule has 0 bridgehead atoms. The van der Waals surface area contributed by atoms with Crippen LogP contribution >= 0.6 is 0 Å². The lowest BCUT2D eigenvalue weighted by molar-refractivity contribution is -0.117. The van der Waals surface area contributed by atoms with Gasteiger partial charge in [-0.25, -0.2) is 28.2 Å². The van der Waals surface area contributed by atoms with Crippen molar-refractivity contribution in [1.82, 2.24) is 20.1 Å². The quantitative estimate of drug-likeness (QED) is 0.551. The maximum absolute atomic E-state index is 14.2. The molecule has 0 fully saturated rings. The van der Waals surface area contributed by atoms with Crippen LogP contribution < -0.4 is 16.8 Å². The van der Waals surface area contributed by atoms with Crippen molar-refractivity contribution in [1.29, 1.82) is 0 Å². The summed E-state index contributed by atoms with van der Waals surface area (Å²) in [6.45, 7) is -0.0254. The number of halogens is 2. The van der Waals surface area contributed by atoms with Crippen LogP contribution in [0.15, 0.2) is 52.9 Å². The molecule has 1 unspecified atom stereocenters. The molecule has 2 aromatic heterocycles. The molecule has 1 atom stereocenters. The van der Waals surface area contributed by atoms with Gasteiger partial charge in [-0.1, -0.05) is 18.2 Å². The zero-order chi connectivity index (χ0) is 23.0. The van der Waals surface area contributed by atoms with Crippen molar-refractivity contribution in [2.75, 3.05) is 7.11 Å². The van der Waals surface area contributed by atoms with Crippen LogP contribution in [0.2, 0.25) is 0 Å². The number of carbonyl (C=O) groups is 2. The van der Waals surface area contributed by atoms with Crippen LogP contribution in [0.5, 0.6) is 0 Å². The van der Waals surface area contributed by atoms with Gasteiger partial charge in [-0.15, -0.1) is 0 Å². The van der Waals surface area contributed by atoms with Gasteiger partial charge in [0.1, 0.15) is 34.6 Å². The van der Waals surface area contributed by atoms with Crippen LogP contribution in [0.1, 0.15) is 17.3 Å². The summed E-state index contributed by atoms with van der Waals surface area (Å²) in [5.74, 6) is -2.08. The highest BCUT2D eigenvalue weighted by Gasteiger charge is 2.35. The fourth-order valence-electron chi connectivity index (χ4n) is 3.30. The summed E-state index contributed by atoms with van der Waals surface area (Å²) in [5.41, 5.74) is 11.8. The van der Waals surface area contributed by atoms with Gasteiger partial charge < -0.3 is 16.2 Å². The Hall–Kier alpha value is -4.35. The Bertz CT molecular complexity index is 1320. The van der Waals surface area contributed by atoms with Crippen LogP contribution in [-0.4, -0.2) is 39.6 Å². The second-order valence-corrected chi connectivity index (χ2v) is 6.85. The Morgan fingerprint density at radius 2 is 2.03 bits per heavy atom. The Kier molecular flexibility index (Phi) is 5.26. The number of benzene rings is 1. The summed E-state index contributed by atoms with van der Waals surface area (Å²) in [7, 11) is 1.13. The van der Waals surface area contributed by atoms with E-state index in [2.05, 4.69) is 25.1 Å². The normalized spacial score (nSPS) is 16.3. The number of hydrogen-bond donors (Lipinski definition) is 3. The molecule has 4 rings (SSSR count). The summed E-state index contributed by atoms with van der Waals surface area (Å²) in [4.78, 5) is 32.6. The number of ketones is 1. The van der Waals surface area contributed by atoms with E-state index in [1.54, 1.807) is 18.2 Å². The zero-order valence-corrected chi connectivity index (χ0v) is 16.7. The van der Waals surface area contributed by atoms with Crippen molar-refractivity contribution in [3.63, 3.8) is 0 Å². The van der Waals surface area contributed by atoms with E-state index >= 15 is 0 Å². The van der Waals surface area contributed by atoms with Crippen LogP contribution in [0.3, 0.4) is 0 Å². The summed E-state index contributed by atoms with van der Waals surface area (Å²) in [6, 6.07) is 5.91. The summed E-state index contributed by atoms with van der Waals surface area (Å²) in [6.07, 6.45) is 0.0942. The molecule has 0 spiro atoms. The van der Waals surface area contributed by atoms with E-state index in [4.69, 9.17) is 11.5 Å². The largest absolute Gasteiger partial charge is 0.453 e. The molecule has 0 saturated heterocycles. The molecule has 10 nitrogen and oxygen atoms in total. The first-order valence-electron chi connectivity index (χ1n) is 9.28. The van der Waals surface area contributed by atoms with E-state index < -0.39 is 29.6 Å². The number of amides is 1. The number of methoxy groups -OCH3 is 1. The van der Waals surface area contributed by atoms with E-state index in [9.17, 15) is 18.4 Å². The summed E-state index contributed by atoms with van der Waals surface area (Å²) in [5, 5.41) is 6.79. The number of nitrogens with two attached hydrogens (primary N) is 2. The number of aromatic nitrogens is 3. The first kappa shape index (κ1) is 20.9. The van der Waals surface area contributed by atoms with E-state index in [-0.39, 0.29) is 40.5 Å². The number of alkyl carbamates (subject to hydrolysis) is 1. The van der Waals surface area contributed by atoms with Gasteiger partial charge in [-0.3, -0.25) is 10.1 Å². The lowest BCUT2D eigenvalue weighted by Crippen LogP contribution is -2.40. The highest BCUT2D eigenvalue weighted by atomic mass is 19.1. The third-order valence-electron chi connectivity index (χ3n) is 4.84. The van der Waals surface area contributed by atoms with Crippen molar-refractivity contribution in [2.45, 2.75) is 12.6 Å². The number of dihydropyridines is 1. The molecule has 164 valence electrons. The highest BCUT2D eigenvalue weighted by Crippen LogP contribution is 2.31. The van der Waals surface area contributed by atoms with Gasteiger partial charge in [0, 0.05) is 10.9 Å². The highest BCUT2D eigenvalue weighted by molar-refractivity contribution is 6.14. The minimum atomic E-state index is -1.31. The number of Topliss-reactive ketones (excluding diaryl/α,β-unsaturated/α-hetero) is 1. The monoisotopic (exact) mass is 441 g/mol. The lowest BCUT2D eigenvalue weighted by atomic mass is 10.0. The average molecular weight is 441 g/mol. The molecule has 1 amide bonds. The molecule has 3 heterocycles. The molecule has 12 heteroatoms. The molecule has 1 aliphatic rings. The zero-order valence-electron chi connectivity index (χ0n) is 16.7. The Morgan fingerprint density at radius 1 is 1.28 bits per heavy atom. The lowest BCUT2D eigenvalue weighted by Gasteiger charge is -2.20. The number of nitrogens with zero attached hydrogens (tertiary/aromatic N) is 4. The molecular formula is C20H17F2N7O3. The fourth-order valence-corrected chi connectivity index (χ4v) is 3.30. The third-order valence-corrected chi connectivity index (χ3v) is 4.84. The number of amidine groups is 1. The van der Waals surface area contributed by atoms with Gasteiger partial charge in [0.05, 0.1) is 19.9 Å². The maximum Gasteiger partial charge on any atom is 0.411 e. The SMILES string of the molecule is COC(=O)NC1=C(N)C(=O)C(c2nn(Cc3ccccc3F)c3ncc(F)cc23)N=C1N. The Labute approximate surface area is 179 Å². The predicted molar refractivity (Wildman–Crippen MR) is 109 cm³/mol. The van der Waals surface area contributed by atoms with Crippen molar-refractivity contribution in [2.24, 2.45) is 16.5 Å². The Balaban J connectivity index is 1.80. The van der Waals surface area contributed by atoms with Gasteiger partial charge >= 0.3 is 6.09 Å². The number of ether oxygens (including phenoxy) is 1. The van der Waals surface area contributed by atoms with Crippen LogP contribution in [-0.2, 0) is 16.1 Å².